The number of nitro benzene ring substituents is 1. The van der Waals surface area contributed by atoms with Gasteiger partial charge in [0.15, 0.2) is 0 Å². The molecular weight excluding hydrogens is 324 g/mol. The topological polar surface area (TPSA) is 73.3 Å². The van der Waals surface area contributed by atoms with Crippen LogP contribution in [-0.2, 0) is 0 Å². The second-order valence-electron chi connectivity index (χ2n) is 5.43. The fourth-order valence-corrected chi connectivity index (χ4v) is 3.31. The highest BCUT2D eigenvalue weighted by Gasteiger charge is 2.13. The summed E-state index contributed by atoms with van der Waals surface area (Å²) in [5.41, 5.74) is 3.87. The van der Waals surface area contributed by atoms with E-state index in [2.05, 4.69) is 10.1 Å². The highest BCUT2D eigenvalue weighted by Crippen LogP contribution is 2.29. The zero-order valence-electron chi connectivity index (χ0n) is 12.7. The molecule has 0 saturated heterocycles. The molecule has 2 heterocycles. The van der Waals surface area contributed by atoms with Crippen LogP contribution >= 0.6 is 11.3 Å². The van der Waals surface area contributed by atoms with Gasteiger partial charge in [-0.25, -0.2) is 9.50 Å². The molecule has 0 saturated carbocycles. The minimum absolute atomic E-state index is 0.0562. The first-order valence-electron chi connectivity index (χ1n) is 7.28. The van der Waals surface area contributed by atoms with Gasteiger partial charge in [-0.05, 0) is 6.92 Å². The molecule has 24 heavy (non-hydrogen) atoms. The maximum atomic E-state index is 10.9. The van der Waals surface area contributed by atoms with Gasteiger partial charge in [0.25, 0.3) is 5.69 Å². The molecule has 0 radical (unpaired) electrons. The molecule has 0 amide bonds. The molecule has 0 aliphatic carbocycles. The van der Waals surface area contributed by atoms with Crippen LogP contribution in [0.15, 0.2) is 54.7 Å². The van der Waals surface area contributed by atoms with Gasteiger partial charge >= 0.3 is 0 Å². The smallest absolute Gasteiger partial charge is 0.258 e. The molecular formula is C17H12N4O2S. The van der Waals surface area contributed by atoms with Crippen LogP contribution in [0.4, 0.5) is 5.69 Å². The van der Waals surface area contributed by atoms with E-state index in [0.717, 1.165) is 21.8 Å². The lowest BCUT2D eigenvalue weighted by Gasteiger charge is -1.97. The molecule has 0 bridgehead atoms. The number of nitrogens with zero attached hydrogens (tertiary/aromatic N) is 4. The van der Waals surface area contributed by atoms with Crippen LogP contribution in [0.25, 0.3) is 26.8 Å². The number of benzene rings is 2. The van der Waals surface area contributed by atoms with Gasteiger partial charge in [-0.1, -0.05) is 53.3 Å². The van der Waals surface area contributed by atoms with Gasteiger partial charge in [0.05, 0.1) is 16.8 Å². The third kappa shape index (κ3) is 2.55. The van der Waals surface area contributed by atoms with Crippen LogP contribution in [0.3, 0.4) is 0 Å². The van der Waals surface area contributed by atoms with E-state index in [0.29, 0.717) is 5.01 Å². The Bertz CT molecular complexity index is 1020. The van der Waals surface area contributed by atoms with Gasteiger partial charge in [-0.15, -0.1) is 0 Å². The molecule has 7 heteroatoms. The van der Waals surface area contributed by atoms with Gasteiger partial charge in [-0.2, -0.15) is 5.10 Å². The highest BCUT2D eigenvalue weighted by atomic mass is 32.1. The number of hydrogen-bond donors (Lipinski definition) is 0. The summed E-state index contributed by atoms with van der Waals surface area (Å²) >= 11 is 1.41. The van der Waals surface area contributed by atoms with Crippen molar-refractivity contribution in [1.29, 1.82) is 0 Å². The van der Waals surface area contributed by atoms with Crippen LogP contribution in [0.1, 0.15) is 5.56 Å². The summed E-state index contributed by atoms with van der Waals surface area (Å²) in [4.78, 5) is 15.9. The number of imidazole rings is 1. The maximum absolute atomic E-state index is 10.9. The summed E-state index contributed by atoms with van der Waals surface area (Å²) in [6.07, 6.45) is 1.87. The van der Waals surface area contributed by atoms with E-state index in [9.17, 15) is 10.1 Å². The summed E-state index contributed by atoms with van der Waals surface area (Å²) in [5.74, 6) is 0. The molecule has 4 rings (SSSR count). The first-order chi connectivity index (χ1) is 11.6. The van der Waals surface area contributed by atoms with Gasteiger partial charge in [0.2, 0.25) is 4.96 Å². The van der Waals surface area contributed by atoms with Crippen molar-refractivity contribution in [3.8, 4) is 21.8 Å². The zero-order chi connectivity index (χ0) is 16.7. The van der Waals surface area contributed by atoms with Crippen LogP contribution in [0, 0.1) is 17.0 Å². The molecule has 118 valence electrons. The molecule has 0 fully saturated rings. The van der Waals surface area contributed by atoms with Crippen LogP contribution < -0.4 is 0 Å². The molecule has 0 aliphatic heterocycles. The average molecular weight is 336 g/mol. The molecule has 4 aromatic rings. The molecule has 6 nitrogen and oxygen atoms in total. The lowest BCUT2D eigenvalue weighted by atomic mass is 10.1. The maximum Gasteiger partial charge on any atom is 0.270 e. The number of fused-ring (bicyclic) bond motifs is 1. The highest BCUT2D eigenvalue weighted by molar-refractivity contribution is 7.19. The van der Waals surface area contributed by atoms with E-state index in [-0.39, 0.29) is 5.69 Å². The Kier molecular flexibility index (Phi) is 3.35. The van der Waals surface area contributed by atoms with Crippen molar-refractivity contribution in [2.75, 3.05) is 0 Å². The Morgan fingerprint density at radius 3 is 2.62 bits per heavy atom. The Labute approximate surface area is 141 Å². The number of aromatic nitrogens is 3. The first-order valence-corrected chi connectivity index (χ1v) is 8.10. The minimum atomic E-state index is -0.405. The van der Waals surface area contributed by atoms with Gasteiger partial charge < -0.3 is 0 Å². The van der Waals surface area contributed by atoms with Crippen molar-refractivity contribution >= 4 is 22.0 Å². The van der Waals surface area contributed by atoms with Crippen molar-refractivity contribution < 1.29 is 4.92 Å². The lowest BCUT2D eigenvalue weighted by Crippen LogP contribution is -1.88. The largest absolute Gasteiger partial charge is 0.270 e. The van der Waals surface area contributed by atoms with Crippen molar-refractivity contribution in [2.24, 2.45) is 0 Å². The Hall–Kier alpha value is -3.06. The molecule has 0 unspecified atom stereocenters. The van der Waals surface area contributed by atoms with Gasteiger partial charge in [0.1, 0.15) is 5.01 Å². The molecule has 0 spiro atoms. The Morgan fingerprint density at radius 1 is 1.12 bits per heavy atom. The summed E-state index contributed by atoms with van der Waals surface area (Å²) in [6, 6.07) is 14.6. The van der Waals surface area contributed by atoms with E-state index in [4.69, 9.17) is 0 Å². The Balaban J connectivity index is 1.72. The monoisotopic (exact) mass is 336 g/mol. The molecule has 0 N–H and O–H groups in total. The third-order valence-electron chi connectivity index (χ3n) is 3.69. The second kappa shape index (κ2) is 5.54. The first kappa shape index (κ1) is 14.5. The number of rotatable bonds is 3. The molecule has 0 atom stereocenters. The quantitative estimate of drug-likeness (QED) is 0.412. The fourth-order valence-electron chi connectivity index (χ4n) is 2.43. The molecule has 2 aromatic heterocycles. The van der Waals surface area contributed by atoms with Crippen molar-refractivity contribution in [3.63, 3.8) is 0 Å². The number of nitro groups is 1. The Morgan fingerprint density at radius 2 is 1.92 bits per heavy atom. The van der Waals surface area contributed by atoms with E-state index < -0.39 is 4.92 Å². The average Bonchev–Trinajstić information content (AvgIpc) is 3.14. The summed E-state index contributed by atoms with van der Waals surface area (Å²) in [6.45, 7) is 2.04. The van der Waals surface area contributed by atoms with E-state index >= 15 is 0 Å². The zero-order valence-corrected chi connectivity index (χ0v) is 13.5. The van der Waals surface area contributed by atoms with Crippen molar-refractivity contribution in [2.45, 2.75) is 6.92 Å². The molecule has 2 aromatic carbocycles. The van der Waals surface area contributed by atoms with E-state index in [1.807, 2.05) is 43.5 Å². The van der Waals surface area contributed by atoms with Crippen molar-refractivity contribution in [3.05, 3.63) is 70.4 Å². The summed E-state index contributed by atoms with van der Waals surface area (Å²) in [5, 5.41) is 16.1. The lowest BCUT2D eigenvalue weighted by molar-refractivity contribution is -0.384. The van der Waals surface area contributed by atoms with E-state index in [1.165, 1.54) is 29.0 Å². The number of non-ortho nitro benzene ring substituents is 1. The van der Waals surface area contributed by atoms with Crippen LogP contribution in [-0.4, -0.2) is 19.5 Å². The van der Waals surface area contributed by atoms with E-state index in [1.54, 1.807) is 10.6 Å². The van der Waals surface area contributed by atoms with Gasteiger partial charge in [-0.3, -0.25) is 10.1 Å². The van der Waals surface area contributed by atoms with Crippen molar-refractivity contribution in [1.82, 2.24) is 14.6 Å². The summed E-state index contributed by atoms with van der Waals surface area (Å²) in [7, 11) is 0. The minimum Gasteiger partial charge on any atom is -0.258 e. The standard InChI is InChI=1S/C17H12N4O2S/c1-11-5-7-12(8-6-11)15-10-20-17(18-15)24-16(19-20)13-3-2-4-14(9-13)21(22)23/h2-10H,1H3. The SMILES string of the molecule is Cc1ccc(-c2cn3nc(-c4cccc([N+](=O)[O-])c4)sc3n2)cc1. The van der Waals surface area contributed by atoms with Crippen LogP contribution in [0.5, 0.6) is 0 Å². The van der Waals surface area contributed by atoms with Crippen LogP contribution in [0.2, 0.25) is 0 Å². The normalized spacial score (nSPS) is 11.0. The summed E-state index contributed by atoms with van der Waals surface area (Å²) < 4.78 is 1.72. The molecule has 0 aliphatic rings. The second-order valence-corrected chi connectivity index (χ2v) is 6.39. The number of hydrogen-bond acceptors (Lipinski definition) is 5. The van der Waals surface area contributed by atoms with Gasteiger partial charge in [0, 0.05) is 23.3 Å². The number of aryl methyl sites for hydroxylation is 1. The predicted octanol–water partition coefficient (Wildman–Crippen LogP) is 4.34. The third-order valence-corrected chi connectivity index (χ3v) is 4.67. The fraction of sp³-hybridized carbons (Fsp3) is 0.0588. The predicted molar refractivity (Wildman–Crippen MR) is 93.1 cm³/mol.